The molecule has 0 aromatic rings. The molecule has 1 heterocycles. The van der Waals surface area contributed by atoms with E-state index in [4.69, 9.17) is 9.47 Å². The number of nitrogens with zero attached hydrogens (tertiary/aromatic N) is 1. The van der Waals surface area contributed by atoms with Crippen LogP contribution >= 0.6 is 0 Å². The molecule has 124 valence electrons. The second-order valence-electron chi connectivity index (χ2n) is 6.31. The van der Waals surface area contributed by atoms with Gasteiger partial charge in [-0.1, -0.05) is 0 Å². The second kappa shape index (κ2) is 8.71. The molecule has 0 aliphatic carbocycles. The monoisotopic (exact) mass is 300 g/mol. The molecule has 3 unspecified atom stereocenters. The summed E-state index contributed by atoms with van der Waals surface area (Å²) < 4.78 is 10.5. The fourth-order valence-electron chi connectivity index (χ4n) is 3.17. The first-order valence-corrected chi connectivity index (χ1v) is 8.06. The molecule has 0 amide bonds. The highest BCUT2D eigenvalue weighted by Crippen LogP contribution is 2.23. The minimum atomic E-state index is -0.621. The Labute approximate surface area is 129 Å². The number of hydrogen-bond donors (Lipinski definition) is 1. The molecule has 0 aromatic heterocycles. The van der Waals surface area contributed by atoms with Crippen molar-refractivity contribution in [3.8, 4) is 0 Å². The van der Waals surface area contributed by atoms with E-state index < -0.39 is 5.54 Å². The van der Waals surface area contributed by atoms with Crippen LogP contribution in [0.25, 0.3) is 0 Å². The molecule has 21 heavy (non-hydrogen) atoms. The first kappa shape index (κ1) is 18.4. The van der Waals surface area contributed by atoms with Crippen LogP contribution in [0.15, 0.2) is 0 Å². The number of likely N-dealkylation sites (tertiary alicyclic amines) is 1. The summed E-state index contributed by atoms with van der Waals surface area (Å²) in [4.78, 5) is 14.6. The van der Waals surface area contributed by atoms with E-state index >= 15 is 0 Å². The van der Waals surface area contributed by atoms with Gasteiger partial charge >= 0.3 is 5.97 Å². The fourth-order valence-corrected chi connectivity index (χ4v) is 3.17. The maximum Gasteiger partial charge on any atom is 0.326 e. The lowest BCUT2D eigenvalue weighted by atomic mass is 9.90. The van der Waals surface area contributed by atoms with Gasteiger partial charge in [0, 0.05) is 19.7 Å². The maximum atomic E-state index is 12.2. The number of hydrogen-bond acceptors (Lipinski definition) is 5. The van der Waals surface area contributed by atoms with Gasteiger partial charge in [0.15, 0.2) is 0 Å². The van der Waals surface area contributed by atoms with Gasteiger partial charge < -0.3 is 19.7 Å². The molecular weight excluding hydrogens is 268 g/mol. The summed E-state index contributed by atoms with van der Waals surface area (Å²) in [6, 6.07) is 0.339. The zero-order valence-electron chi connectivity index (χ0n) is 14.3. The zero-order valence-corrected chi connectivity index (χ0v) is 14.3. The topological polar surface area (TPSA) is 50.8 Å². The number of piperidine rings is 1. The van der Waals surface area contributed by atoms with E-state index in [1.54, 1.807) is 7.11 Å². The molecule has 3 atom stereocenters. The Balaban J connectivity index is 2.60. The normalized spacial score (nSPS) is 24.3. The number of rotatable bonds is 8. The highest BCUT2D eigenvalue weighted by atomic mass is 16.5. The first-order valence-electron chi connectivity index (χ1n) is 8.06. The van der Waals surface area contributed by atoms with Gasteiger partial charge in [0.1, 0.15) is 5.54 Å². The number of carbonyl (C=O) groups is 1. The molecule has 5 heteroatoms. The highest BCUT2D eigenvalue weighted by Gasteiger charge is 2.36. The molecule has 0 radical (unpaired) electrons. The Morgan fingerprint density at radius 2 is 2.24 bits per heavy atom. The van der Waals surface area contributed by atoms with Crippen LogP contribution in [0, 0.1) is 5.92 Å². The molecule has 5 nitrogen and oxygen atoms in total. The molecule has 1 fully saturated rings. The minimum absolute atomic E-state index is 0.162. The van der Waals surface area contributed by atoms with Gasteiger partial charge in [0.2, 0.25) is 0 Å². The standard InChI is InChI=1S/C16H32N2O3/c1-6-21-15(19)16(3,17-4)10-13(2)18-9-7-8-14(11-18)12-20-5/h13-14,17H,6-12H2,1-5H3. The molecular formula is C16H32N2O3. The van der Waals surface area contributed by atoms with Gasteiger partial charge in [-0.05, 0) is 59.5 Å². The minimum Gasteiger partial charge on any atom is -0.465 e. The number of ether oxygens (including phenoxy) is 2. The Kier molecular flexibility index (Phi) is 7.63. The second-order valence-corrected chi connectivity index (χ2v) is 6.31. The Morgan fingerprint density at radius 3 is 2.81 bits per heavy atom. The van der Waals surface area contributed by atoms with E-state index in [2.05, 4.69) is 17.1 Å². The molecule has 0 aromatic carbocycles. The number of nitrogens with one attached hydrogen (secondary N) is 1. The smallest absolute Gasteiger partial charge is 0.326 e. The van der Waals surface area contributed by atoms with Crippen molar-refractivity contribution in [1.29, 1.82) is 0 Å². The van der Waals surface area contributed by atoms with Gasteiger partial charge in [-0.3, -0.25) is 4.79 Å². The SMILES string of the molecule is CCOC(=O)C(C)(CC(C)N1CCCC(COC)C1)NC. The van der Waals surface area contributed by atoms with Crippen LogP contribution in [0.4, 0.5) is 0 Å². The van der Waals surface area contributed by atoms with Crippen LogP contribution < -0.4 is 5.32 Å². The van der Waals surface area contributed by atoms with E-state index in [1.807, 2.05) is 20.9 Å². The van der Waals surface area contributed by atoms with Crippen molar-refractivity contribution in [3.05, 3.63) is 0 Å². The quantitative estimate of drug-likeness (QED) is 0.691. The largest absolute Gasteiger partial charge is 0.465 e. The van der Waals surface area contributed by atoms with Crippen LogP contribution in [-0.2, 0) is 14.3 Å². The third-order valence-corrected chi connectivity index (χ3v) is 4.56. The Morgan fingerprint density at radius 1 is 1.52 bits per heavy atom. The predicted octanol–water partition coefficient (Wildman–Crippen LogP) is 1.66. The van der Waals surface area contributed by atoms with Crippen molar-refractivity contribution in [3.63, 3.8) is 0 Å². The summed E-state index contributed by atoms with van der Waals surface area (Å²) in [7, 11) is 3.59. The van der Waals surface area contributed by atoms with E-state index in [9.17, 15) is 4.79 Å². The average Bonchev–Trinajstić information content (AvgIpc) is 2.48. The number of methoxy groups -OCH3 is 1. The molecule has 1 rings (SSSR count). The van der Waals surface area contributed by atoms with Crippen LogP contribution in [0.1, 0.15) is 40.0 Å². The van der Waals surface area contributed by atoms with Crippen molar-refractivity contribution < 1.29 is 14.3 Å². The summed E-state index contributed by atoms with van der Waals surface area (Å²) in [5, 5.41) is 3.14. The van der Waals surface area contributed by atoms with Crippen molar-refractivity contribution >= 4 is 5.97 Å². The molecule has 1 aliphatic rings. The number of esters is 1. The summed E-state index contributed by atoms with van der Waals surface area (Å²) in [6.07, 6.45) is 3.19. The van der Waals surface area contributed by atoms with Gasteiger partial charge in [-0.2, -0.15) is 0 Å². The summed E-state index contributed by atoms with van der Waals surface area (Å²) in [6.45, 7) is 9.37. The van der Waals surface area contributed by atoms with Gasteiger partial charge in [-0.15, -0.1) is 0 Å². The Hall–Kier alpha value is -0.650. The highest BCUT2D eigenvalue weighted by molar-refractivity contribution is 5.80. The van der Waals surface area contributed by atoms with Crippen molar-refractivity contribution in [2.45, 2.75) is 51.6 Å². The Bertz CT molecular complexity index is 323. The van der Waals surface area contributed by atoms with E-state index in [-0.39, 0.29) is 5.97 Å². The third kappa shape index (κ3) is 5.24. The summed E-state index contributed by atoms with van der Waals surface area (Å²) in [5.41, 5.74) is -0.621. The van der Waals surface area contributed by atoms with E-state index in [1.165, 1.54) is 12.8 Å². The molecule has 0 bridgehead atoms. The third-order valence-electron chi connectivity index (χ3n) is 4.56. The average molecular weight is 300 g/mol. The van der Waals surface area contributed by atoms with Crippen LogP contribution in [0.3, 0.4) is 0 Å². The van der Waals surface area contributed by atoms with Gasteiger partial charge in [-0.25, -0.2) is 0 Å². The van der Waals surface area contributed by atoms with Crippen LogP contribution in [0.2, 0.25) is 0 Å². The van der Waals surface area contributed by atoms with Gasteiger partial charge in [0.25, 0.3) is 0 Å². The van der Waals surface area contributed by atoms with Gasteiger partial charge in [0.05, 0.1) is 13.2 Å². The molecule has 1 aliphatic heterocycles. The molecule has 1 saturated heterocycles. The van der Waals surface area contributed by atoms with E-state index in [0.29, 0.717) is 18.6 Å². The zero-order chi connectivity index (χ0) is 15.9. The molecule has 1 N–H and O–H groups in total. The lowest BCUT2D eigenvalue weighted by Crippen LogP contribution is -2.54. The van der Waals surface area contributed by atoms with Crippen LogP contribution in [0.5, 0.6) is 0 Å². The number of likely N-dealkylation sites (N-methyl/N-ethyl adjacent to an activating group) is 1. The molecule has 0 saturated carbocycles. The fraction of sp³-hybridized carbons (Fsp3) is 0.938. The number of carbonyl (C=O) groups excluding carboxylic acids is 1. The summed E-state index contributed by atoms with van der Waals surface area (Å²) >= 11 is 0. The maximum absolute atomic E-state index is 12.2. The molecule has 0 spiro atoms. The lowest BCUT2D eigenvalue weighted by molar-refractivity contribution is -0.151. The van der Waals surface area contributed by atoms with Crippen molar-refractivity contribution in [2.24, 2.45) is 5.92 Å². The van der Waals surface area contributed by atoms with Crippen molar-refractivity contribution in [1.82, 2.24) is 10.2 Å². The van der Waals surface area contributed by atoms with Crippen LogP contribution in [-0.4, -0.2) is 62.9 Å². The predicted molar refractivity (Wildman–Crippen MR) is 84.3 cm³/mol. The summed E-state index contributed by atoms with van der Waals surface area (Å²) in [5.74, 6) is 0.444. The first-order chi connectivity index (χ1) is 9.96. The van der Waals surface area contributed by atoms with Crippen molar-refractivity contribution in [2.75, 3.05) is 40.5 Å². The lowest BCUT2D eigenvalue weighted by Gasteiger charge is -2.39. The van der Waals surface area contributed by atoms with E-state index in [0.717, 1.165) is 26.1 Å².